The fourth-order valence-electron chi connectivity index (χ4n) is 3.24. The smallest absolute Gasteiger partial charge is 0.248 e. The zero-order valence-electron chi connectivity index (χ0n) is 14.9. The Kier molecular flexibility index (Phi) is 5.21. The first-order chi connectivity index (χ1) is 13.8. The summed E-state index contributed by atoms with van der Waals surface area (Å²) in [5.74, 6) is 0.243. The molecular weight excluding hydrogens is 456 g/mol. The lowest BCUT2D eigenvalue weighted by molar-refractivity contribution is -0.115. The monoisotopic (exact) mass is 467 g/mol. The van der Waals surface area contributed by atoms with Crippen molar-refractivity contribution in [2.45, 2.75) is 13.0 Å². The third-order valence-corrected chi connectivity index (χ3v) is 5.85. The Hall–Kier alpha value is -2.25. The summed E-state index contributed by atoms with van der Waals surface area (Å²) in [6, 6.07) is 9.46. The predicted octanol–water partition coefficient (Wildman–Crippen LogP) is 5.33. The van der Waals surface area contributed by atoms with Crippen LogP contribution in [0.5, 0.6) is 0 Å². The molecule has 2 heterocycles. The van der Waals surface area contributed by atoms with Crippen molar-refractivity contribution in [3.05, 3.63) is 73.3 Å². The second kappa shape index (κ2) is 7.54. The highest BCUT2D eigenvalue weighted by atomic mass is 35.5. The summed E-state index contributed by atoms with van der Waals surface area (Å²) in [5.41, 5.74) is 7.86. The summed E-state index contributed by atoms with van der Waals surface area (Å²) in [5, 5.41) is 9.34. The highest BCUT2D eigenvalue weighted by molar-refractivity contribution is 6.42. The average molecular weight is 469 g/mol. The molecule has 1 unspecified atom stereocenters. The van der Waals surface area contributed by atoms with E-state index in [-0.39, 0.29) is 0 Å². The summed E-state index contributed by atoms with van der Waals surface area (Å²) < 4.78 is 1.57. The quantitative estimate of drug-likeness (QED) is 0.543. The first kappa shape index (κ1) is 20.0. The van der Waals surface area contributed by atoms with Crippen LogP contribution in [-0.2, 0) is 4.79 Å². The van der Waals surface area contributed by atoms with E-state index in [2.05, 4.69) is 15.4 Å². The van der Waals surface area contributed by atoms with Gasteiger partial charge in [0.2, 0.25) is 11.9 Å². The van der Waals surface area contributed by atoms with Gasteiger partial charge in [0, 0.05) is 26.9 Å². The van der Waals surface area contributed by atoms with Crippen LogP contribution >= 0.6 is 46.4 Å². The summed E-state index contributed by atoms with van der Waals surface area (Å²) in [6.07, 6.45) is 0. The van der Waals surface area contributed by atoms with E-state index >= 15 is 0 Å². The van der Waals surface area contributed by atoms with Crippen molar-refractivity contribution >= 4 is 58.3 Å². The maximum absolute atomic E-state index is 12.3. The van der Waals surface area contributed by atoms with E-state index in [9.17, 15) is 4.79 Å². The van der Waals surface area contributed by atoms with Crippen LogP contribution in [0, 0.1) is 0 Å². The predicted molar refractivity (Wildman–Crippen MR) is 116 cm³/mol. The molecule has 148 valence electrons. The standard InChI is InChI=1S/C19H13Cl4N5O/c1-8-15(17(24)29)16(11-4-3-10(20)7-13(11)22)28-19(25-8)26-18(27-28)9-2-5-12(21)14(23)6-9/h2-7,16H,1H3,(H2,24,29)(H,25,26,27). The molecule has 1 aromatic heterocycles. The SMILES string of the molecule is CC1=C(C(N)=O)C(c2ccc(Cl)cc2Cl)n2nc(-c3ccc(Cl)c(Cl)c3)nc2N1. The number of primary amides is 1. The van der Waals surface area contributed by atoms with Gasteiger partial charge in [-0.1, -0.05) is 52.5 Å². The Labute approximate surface area is 186 Å². The molecule has 6 nitrogen and oxygen atoms in total. The molecule has 1 atom stereocenters. The Morgan fingerprint density at radius 1 is 1.07 bits per heavy atom. The molecule has 29 heavy (non-hydrogen) atoms. The number of carbonyl (C=O) groups is 1. The number of fused-ring (bicyclic) bond motifs is 1. The molecule has 0 saturated carbocycles. The van der Waals surface area contributed by atoms with Gasteiger partial charge in [0.05, 0.1) is 15.6 Å². The second-order valence-electron chi connectivity index (χ2n) is 6.43. The van der Waals surface area contributed by atoms with E-state index in [1.165, 1.54) is 0 Å². The summed E-state index contributed by atoms with van der Waals surface area (Å²) in [7, 11) is 0. The normalized spacial score (nSPS) is 15.8. The number of rotatable bonds is 3. The number of hydrogen-bond donors (Lipinski definition) is 2. The molecule has 1 aliphatic rings. The van der Waals surface area contributed by atoms with E-state index in [4.69, 9.17) is 52.1 Å². The maximum atomic E-state index is 12.3. The number of nitrogens with zero attached hydrogens (tertiary/aromatic N) is 3. The third kappa shape index (κ3) is 3.57. The first-order valence-electron chi connectivity index (χ1n) is 8.40. The first-order valence-corrected chi connectivity index (χ1v) is 9.92. The Balaban J connectivity index is 1.91. The topological polar surface area (TPSA) is 85.8 Å². The van der Waals surface area contributed by atoms with Gasteiger partial charge in [0.15, 0.2) is 5.82 Å². The van der Waals surface area contributed by atoms with Crippen molar-refractivity contribution in [2.75, 3.05) is 5.32 Å². The fraction of sp³-hybridized carbons (Fsp3) is 0.105. The van der Waals surface area contributed by atoms with E-state index in [1.807, 2.05) is 0 Å². The van der Waals surface area contributed by atoms with E-state index in [0.29, 0.717) is 54.3 Å². The Bertz CT molecular complexity index is 1190. The molecule has 1 amide bonds. The number of amides is 1. The van der Waals surface area contributed by atoms with Gasteiger partial charge in [0.1, 0.15) is 6.04 Å². The molecule has 0 radical (unpaired) electrons. The molecule has 0 aliphatic carbocycles. The molecule has 0 spiro atoms. The minimum atomic E-state index is -0.669. The number of anilines is 1. The number of nitrogens with two attached hydrogens (primary N) is 1. The molecule has 4 rings (SSSR count). The maximum Gasteiger partial charge on any atom is 0.248 e. The van der Waals surface area contributed by atoms with Crippen LogP contribution in [0.4, 0.5) is 5.95 Å². The number of aromatic nitrogens is 3. The van der Waals surface area contributed by atoms with E-state index < -0.39 is 11.9 Å². The molecule has 2 aromatic carbocycles. The van der Waals surface area contributed by atoms with Gasteiger partial charge in [-0.3, -0.25) is 4.79 Å². The summed E-state index contributed by atoms with van der Waals surface area (Å²) in [6.45, 7) is 1.74. The van der Waals surface area contributed by atoms with Crippen molar-refractivity contribution in [3.63, 3.8) is 0 Å². The van der Waals surface area contributed by atoms with E-state index in [0.717, 1.165) is 0 Å². The van der Waals surface area contributed by atoms with Gasteiger partial charge >= 0.3 is 0 Å². The summed E-state index contributed by atoms with van der Waals surface area (Å²) in [4.78, 5) is 16.8. The molecule has 0 bridgehead atoms. The Morgan fingerprint density at radius 2 is 1.83 bits per heavy atom. The molecule has 1 aliphatic heterocycles. The summed E-state index contributed by atoms with van der Waals surface area (Å²) >= 11 is 24.6. The minimum absolute atomic E-state index is 0.326. The van der Waals surface area contributed by atoms with Crippen molar-refractivity contribution < 1.29 is 4.79 Å². The number of benzene rings is 2. The van der Waals surface area contributed by atoms with Crippen molar-refractivity contribution in [1.82, 2.24) is 14.8 Å². The molecule has 3 aromatic rings. The van der Waals surface area contributed by atoms with Crippen LogP contribution in [0.2, 0.25) is 20.1 Å². The minimum Gasteiger partial charge on any atom is -0.366 e. The van der Waals surface area contributed by atoms with Crippen LogP contribution in [-0.4, -0.2) is 20.7 Å². The van der Waals surface area contributed by atoms with Gasteiger partial charge in [-0.05, 0) is 37.3 Å². The Morgan fingerprint density at radius 3 is 2.48 bits per heavy atom. The number of hydrogen-bond acceptors (Lipinski definition) is 4. The van der Waals surface area contributed by atoms with Crippen molar-refractivity contribution in [1.29, 1.82) is 0 Å². The van der Waals surface area contributed by atoms with Gasteiger partial charge in [0.25, 0.3) is 0 Å². The zero-order chi connectivity index (χ0) is 20.9. The number of nitrogens with one attached hydrogen (secondary N) is 1. The van der Waals surface area contributed by atoms with Gasteiger partial charge in [-0.25, -0.2) is 4.68 Å². The molecule has 0 fully saturated rings. The van der Waals surface area contributed by atoms with Gasteiger partial charge in [-0.15, -0.1) is 5.10 Å². The van der Waals surface area contributed by atoms with Crippen LogP contribution < -0.4 is 11.1 Å². The van der Waals surface area contributed by atoms with Crippen molar-refractivity contribution in [3.8, 4) is 11.4 Å². The molecule has 3 N–H and O–H groups in total. The number of carbonyl (C=O) groups excluding carboxylic acids is 1. The third-order valence-electron chi connectivity index (χ3n) is 4.55. The lowest BCUT2D eigenvalue weighted by Crippen LogP contribution is -2.32. The second-order valence-corrected chi connectivity index (χ2v) is 8.09. The zero-order valence-corrected chi connectivity index (χ0v) is 17.9. The lowest BCUT2D eigenvalue weighted by Gasteiger charge is -2.28. The van der Waals surface area contributed by atoms with Crippen LogP contribution in [0.15, 0.2) is 47.7 Å². The fourth-order valence-corrected chi connectivity index (χ4v) is 4.05. The largest absolute Gasteiger partial charge is 0.366 e. The van der Waals surface area contributed by atoms with Crippen LogP contribution in [0.25, 0.3) is 11.4 Å². The van der Waals surface area contributed by atoms with Crippen molar-refractivity contribution in [2.24, 2.45) is 5.73 Å². The van der Waals surface area contributed by atoms with E-state index in [1.54, 1.807) is 48.0 Å². The highest BCUT2D eigenvalue weighted by Crippen LogP contribution is 2.39. The molecule has 10 heteroatoms. The molecular formula is C19H13Cl4N5O. The number of allylic oxidation sites excluding steroid dienone is 1. The lowest BCUT2D eigenvalue weighted by atomic mass is 9.95. The van der Waals surface area contributed by atoms with Gasteiger partial charge < -0.3 is 11.1 Å². The highest BCUT2D eigenvalue weighted by Gasteiger charge is 2.34. The van der Waals surface area contributed by atoms with Crippen LogP contribution in [0.3, 0.4) is 0 Å². The van der Waals surface area contributed by atoms with Crippen LogP contribution in [0.1, 0.15) is 18.5 Å². The number of halogens is 4. The average Bonchev–Trinajstić information content (AvgIpc) is 3.06. The molecule has 0 saturated heterocycles. The van der Waals surface area contributed by atoms with Gasteiger partial charge in [-0.2, -0.15) is 4.98 Å².